The zero-order chi connectivity index (χ0) is 29.4. The summed E-state index contributed by atoms with van der Waals surface area (Å²) in [7, 11) is 0. The Morgan fingerprint density at radius 3 is 1.47 bits per heavy atom. The molecule has 38 heavy (non-hydrogen) atoms. The number of nitrogens with one attached hydrogen (secondary N) is 2. The first-order chi connectivity index (χ1) is 17.4. The molecule has 4 amide bonds. The van der Waals surface area contributed by atoms with Gasteiger partial charge in [0.1, 0.15) is 11.2 Å². The van der Waals surface area contributed by atoms with E-state index in [1.807, 2.05) is 27.7 Å². The second kappa shape index (κ2) is 13.6. The van der Waals surface area contributed by atoms with E-state index in [1.165, 1.54) is 4.90 Å². The van der Waals surface area contributed by atoms with E-state index >= 15 is 0 Å². The van der Waals surface area contributed by atoms with Gasteiger partial charge < -0.3 is 25.2 Å². The van der Waals surface area contributed by atoms with E-state index < -0.39 is 23.4 Å². The number of nitrogens with zero attached hydrogens (tertiary/aromatic N) is 1. The molecule has 1 aliphatic heterocycles. The van der Waals surface area contributed by atoms with Crippen LogP contribution in [0.25, 0.3) is 0 Å². The minimum Gasteiger partial charge on any atom is -0.444 e. The molecule has 3 N–H and O–H groups in total. The molecular formula is C28H45N3O7. The third-order valence-electron chi connectivity index (χ3n) is 5.47. The summed E-state index contributed by atoms with van der Waals surface area (Å²) in [4.78, 5) is 49.4. The fraction of sp³-hybridized carbons (Fsp3) is 0.643. The van der Waals surface area contributed by atoms with E-state index in [4.69, 9.17) is 14.6 Å². The highest BCUT2D eigenvalue weighted by atomic mass is 16.6. The van der Waals surface area contributed by atoms with Gasteiger partial charge in [0.15, 0.2) is 0 Å². The Bertz CT molecular complexity index is 942. The number of carbonyl (C=O) groups is 4. The highest BCUT2D eigenvalue weighted by Gasteiger charge is 2.37. The van der Waals surface area contributed by atoms with Crippen LogP contribution < -0.4 is 10.6 Å². The Labute approximate surface area is 226 Å². The molecule has 0 aliphatic carbocycles. The molecular weight excluding hydrogens is 490 g/mol. The van der Waals surface area contributed by atoms with Crippen LogP contribution in [0.15, 0.2) is 24.3 Å². The maximum atomic E-state index is 12.4. The number of hydrogen-bond acceptors (Lipinski definition) is 7. The molecule has 0 saturated carbocycles. The normalized spacial score (nSPS) is 14.9. The van der Waals surface area contributed by atoms with Crippen LogP contribution in [-0.2, 0) is 9.47 Å². The van der Waals surface area contributed by atoms with Crippen molar-refractivity contribution >= 4 is 24.0 Å². The highest BCUT2D eigenvalue weighted by Crippen LogP contribution is 2.23. The van der Waals surface area contributed by atoms with Crippen LogP contribution in [0.1, 0.15) is 90.0 Å². The lowest BCUT2D eigenvalue weighted by atomic mass is 10.0. The lowest BCUT2D eigenvalue weighted by molar-refractivity contribution is 0.0447. The average molecular weight is 536 g/mol. The van der Waals surface area contributed by atoms with E-state index in [9.17, 15) is 19.2 Å². The zero-order valence-corrected chi connectivity index (χ0v) is 24.4. The number of aliphatic hydroxyl groups is 1. The smallest absolute Gasteiger partial charge is 0.407 e. The highest BCUT2D eigenvalue weighted by molar-refractivity contribution is 6.21. The second-order valence-electron chi connectivity index (χ2n) is 11.9. The number of ether oxygens (including phenoxy) is 2. The third-order valence-corrected chi connectivity index (χ3v) is 5.47. The molecule has 2 rings (SSSR count). The number of carbonyl (C=O) groups excluding carboxylic acids is 4. The molecule has 2 atom stereocenters. The van der Waals surface area contributed by atoms with Crippen LogP contribution in [-0.4, -0.2) is 70.4 Å². The van der Waals surface area contributed by atoms with Gasteiger partial charge in [-0.25, -0.2) is 9.59 Å². The largest absolute Gasteiger partial charge is 0.444 e. The zero-order valence-electron chi connectivity index (χ0n) is 24.4. The van der Waals surface area contributed by atoms with Crippen molar-refractivity contribution in [3.8, 4) is 0 Å². The van der Waals surface area contributed by atoms with Gasteiger partial charge in [-0.2, -0.15) is 0 Å². The Balaban J connectivity index is 0.000000442. The van der Waals surface area contributed by atoms with Crippen molar-refractivity contribution in [1.82, 2.24) is 15.5 Å². The first-order valence-electron chi connectivity index (χ1n) is 12.9. The summed E-state index contributed by atoms with van der Waals surface area (Å²) in [6.45, 7) is 18.5. The van der Waals surface area contributed by atoms with Gasteiger partial charge >= 0.3 is 12.2 Å². The fourth-order valence-electron chi connectivity index (χ4n) is 3.37. The van der Waals surface area contributed by atoms with Gasteiger partial charge in [-0.05, 0) is 65.5 Å². The molecule has 0 radical (unpaired) electrons. The van der Waals surface area contributed by atoms with Gasteiger partial charge in [-0.1, -0.05) is 39.8 Å². The predicted molar refractivity (Wildman–Crippen MR) is 145 cm³/mol. The molecule has 1 aromatic carbocycles. The SMILES string of the molecule is CC(C)[C@@H](CN1C(=O)c2ccccc2C1=O)NC(=O)OC(C)(C)C.CC(C)[C@@H](CO)NC(=O)OC(C)(C)C. The Morgan fingerprint density at radius 2 is 1.16 bits per heavy atom. The summed E-state index contributed by atoms with van der Waals surface area (Å²) in [5, 5.41) is 14.3. The number of amides is 4. The molecule has 0 unspecified atom stereocenters. The molecule has 1 aliphatic rings. The van der Waals surface area contributed by atoms with Crippen molar-refractivity contribution in [2.75, 3.05) is 13.2 Å². The van der Waals surface area contributed by atoms with Gasteiger partial charge in [-0.15, -0.1) is 0 Å². The van der Waals surface area contributed by atoms with Gasteiger partial charge in [0, 0.05) is 6.54 Å². The van der Waals surface area contributed by atoms with Crippen molar-refractivity contribution in [2.45, 2.75) is 92.5 Å². The van der Waals surface area contributed by atoms with E-state index in [0.717, 1.165) is 0 Å². The summed E-state index contributed by atoms with van der Waals surface area (Å²) in [5.74, 6) is -0.436. The maximum absolute atomic E-state index is 12.4. The van der Waals surface area contributed by atoms with Gasteiger partial charge in [0.2, 0.25) is 0 Å². The van der Waals surface area contributed by atoms with E-state index in [-0.39, 0.29) is 48.9 Å². The molecule has 0 bridgehead atoms. The molecule has 0 aromatic heterocycles. The van der Waals surface area contributed by atoms with E-state index in [2.05, 4.69) is 10.6 Å². The monoisotopic (exact) mass is 535 g/mol. The summed E-state index contributed by atoms with van der Waals surface area (Å²) in [6, 6.07) is 6.10. The van der Waals surface area contributed by atoms with Crippen molar-refractivity contribution in [3.63, 3.8) is 0 Å². The van der Waals surface area contributed by atoms with Crippen LogP contribution in [0.2, 0.25) is 0 Å². The predicted octanol–water partition coefficient (Wildman–Crippen LogP) is 4.36. The van der Waals surface area contributed by atoms with Crippen molar-refractivity contribution in [3.05, 3.63) is 35.4 Å². The van der Waals surface area contributed by atoms with Crippen LogP contribution in [0.4, 0.5) is 9.59 Å². The van der Waals surface area contributed by atoms with Crippen LogP contribution >= 0.6 is 0 Å². The first-order valence-corrected chi connectivity index (χ1v) is 12.9. The maximum Gasteiger partial charge on any atom is 0.407 e. The van der Waals surface area contributed by atoms with Gasteiger partial charge in [0.05, 0.1) is 29.8 Å². The molecule has 10 heteroatoms. The Morgan fingerprint density at radius 1 is 0.789 bits per heavy atom. The summed E-state index contributed by atoms with van der Waals surface area (Å²) in [5.41, 5.74) is -0.299. The average Bonchev–Trinajstić information content (AvgIpc) is 2.99. The number of benzene rings is 1. The molecule has 1 aromatic rings. The Kier molecular flexibility index (Phi) is 11.8. The quantitative estimate of drug-likeness (QED) is 0.442. The second-order valence-corrected chi connectivity index (χ2v) is 11.9. The van der Waals surface area contributed by atoms with Gasteiger partial charge in [0.25, 0.3) is 11.8 Å². The fourth-order valence-corrected chi connectivity index (χ4v) is 3.37. The minimum atomic E-state index is -0.610. The molecule has 0 spiro atoms. The lowest BCUT2D eigenvalue weighted by Crippen LogP contribution is -2.49. The molecule has 1 heterocycles. The van der Waals surface area contributed by atoms with Crippen LogP contribution in [0.5, 0.6) is 0 Å². The molecule has 0 fully saturated rings. The number of fused-ring (bicyclic) bond motifs is 1. The van der Waals surface area contributed by atoms with E-state index in [0.29, 0.717) is 11.1 Å². The lowest BCUT2D eigenvalue weighted by Gasteiger charge is -2.28. The minimum absolute atomic E-state index is 0.0295. The number of hydrogen-bond donors (Lipinski definition) is 3. The van der Waals surface area contributed by atoms with Gasteiger partial charge in [-0.3, -0.25) is 14.5 Å². The van der Waals surface area contributed by atoms with Crippen molar-refractivity contribution in [1.29, 1.82) is 0 Å². The topological polar surface area (TPSA) is 134 Å². The molecule has 10 nitrogen and oxygen atoms in total. The number of aliphatic hydroxyl groups excluding tert-OH is 1. The molecule has 214 valence electrons. The standard InChI is InChI=1S/C18H24N2O4.C10H21NO3/c1-11(2)14(19-17(23)24-18(3,4)5)10-20-15(21)12-8-6-7-9-13(12)16(20)22;1-7(2)8(6-12)11-9(13)14-10(3,4)5/h6-9,11,14H,10H2,1-5H3,(H,19,23);7-8,12H,6H2,1-5H3,(H,11,13)/t14-;8-/m11/s1. The summed E-state index contributed by atoms with van der Waals surface area (Å²) < 4.78 is 10.3. The number of imide groups is 1. The molecule has 0 saturated heterocycles. The Hall–Kier alpha value is -3.14. The first kappa shape index (κ1) is 32.9. The van der Waals surface area contributed by atoms with Crippen molar-refractivity contribution in [2.24, 2.45) is 11.8 Å². The van der Waals surface area contributed by atoms with Crippen LogP contribution in [0, 0.1) is 11.8 Å². The summed E-state index contributed by atoms with van der Waals surface area (Å²) in [6.07, 6.45) is -1.04. The third kappa shape index (κ3) is 10.7. The number of rotatable bonds is 7. The van der Waals surface area contributed by atoms with E-state index in [1.54, 1.807) is 65.8 Å². The number of alkyl carbamates (subject to hydrolysis) is 2. The summed E-state index contributed by atoms with van der Waals surface area (Å²) >= 11 is 0. The van der Waals surface area contributed by atoms with Crippen molar-refractivity contribution < 1.29 is 33.8 Å². The van der Waals surface area contributed by atoms with Crippen LogP contribution in [0.3, 0.4) is 0 Å².